The van der Waals surface area contributed by atoms with Crippen molar-refractivity contribution in [3.05, 3.63) is 35.9 Å². The van der Waals surface area contributed by atoms with E-state index in [1.807, 2.05) is 32.0 Å². The predicted molar refractivity (Wildman–Crippen MR) is 61.4 cm³/mol. The van der Waals surface area contributed by atoms with Crippen LogP contribution in [0, 0.1) is 0 Å². The van der Waals surface area contributed by atoms with Crippen molar-refractivity contribution in [3.8, 4) is 0 Å². The molecule has 1 rings (SSSR count). The molecule has 0 unspecified atom stereocenters. The molecule has 2 heteroatoms. The van der Waals surface area contributed by atoms with E-state index in [-0.39, 0.29) is 5.54 Å². The van der Waals surface area contributed by atoms with Crippen LogP contribution in [0.3, 0.4) is 0 Å². The first kappa shape index (κ1) is 10.8. The summed E-state index contributed by atoms with van der Waals surface area (Å²) in [6.07, 6.45) is 0. The Balaban J connectivity index is 2.81. The molecule has 1 aromatic carbocycles. The zero-order valence-electron chi connectivity index (χ0n) is 9.33. The van der Waals surface area contributed by atoms with Crippen LogP contribution in [0.5, 0.6) is 0 Å². The molecule has 0 heterocycles. The van der Waals surface area contributed by atoms with E-state index in [4.69, 9.17) is 0 Å². The number of hydrogen-bond donors (Lipinski definition) is 1. The van der Waals surface area contributed by atoms with Gasteiger partial charge in [-0.05, 0) is 33.3 Å². The predicted octanol–water partition coefficient (Wildman–Crippen LogP) is 2.91. The minimum atomic E-state index is -0.113. The van der Waals surface area contributed by atoms with Crippen molar-refractivity contribution in [2.75, 3.05) is 0 Å². The number of nitrogens with zero attached hydrogens (tertiary/aromatic N) is 1. The van der Waals surface area contributed by atoms with Crippen LogP contribution >= 0.6 is 0 Å². The molecule has 0 saturated carbocycles. The summed E-state index contributed by atoms with van der Waals surface area (Å²) in [5, 5.41) is 4.24. The Hall–Kier alpha value is -1.31. The monoisotopic (exact) mass is 190 g/mol. The lowest BCUT2D eigenvalue weighted by molar-refractivity contribution is 0.417. The van der Waals surface area contributed by atoms with Crippen LogP contribution in [0.2, 0.25) is 0 Å². The fourth-order valence-corrected chi connectivity index (χ4v) is 1.17. The van der Waals surface area contributed by atoms with Crippen molar-refractivity contribution < 1.29 is 0 Å². The van der Waals surface area contributed by atoms with Crippen LogP contribution in [0.25, 0.3) is 0 Å². The third kappa shape index (κ3) is 2.87. The van der Waals surface area contributed by atoms with Gasteiger partial charge in [0, 0.05) is 5.71 Å². The summed E-state index contributed by atoms with van der Waals surface area (Å²) in [4.78, 5) is 0. The third-order valence-corrected chi connectivity index (χ3v) is 2.05. The van der Waals surface area contributed by atoms with Gasteiger partial charge in [-0.1, -0.05) is 30.3 Å². The number of hydrogen-bond acceptors (Lipinski definition) is 2. The molecule has 0 fully saturated rings. The smallest absolute Gasteiger partial charge is 0.0741 e. The highest BCUT2D eigenvalue weighted by molar-refractivity contribution is 5.78. The average molecular weight is 190 g/mol. The van der Waals surface area contributed by atoms with Crippen LogP contribution in [-0.2, 0) is 5.54 Å². The molecule has 76 valence electrons. The van der Waals surface area contributed by atoms with Gasteiger partial charge in [-0.2, -0.15) is 5.10 Å². The Kier molecular flexibility index (Phi) is 3.28. The molecule has 0 saturated heterocycles. The van der Waals surface area contributed by atoms with Gasteiger partial charge in [-0.15, -0.1) is 0 Å². The number of benzene rings is 1. The molecule has 0 spiro atoms. The van der Waals surface area contributed by atoms with Crippen molar-refractivity contribution in [1.29, 1.82) is 0 Å². The van der Waals surface area contributed by atoms with Gasteiger partial charge in [0.1, 0.15) is 0 Å². The SMILES string of the molecule is CC(C)=NNC(C)(C)c1ccccc1. The molecule has 1 aromatic rings. The minimum absolute atomic E-state index is 0.113. The molecule has 0 aliphatic rings. The molecule has 0 radical (unpaired) electrons. The van der Waals surface area contributed by atoms with Gasteiger partial charge in [0.05, 0.1) is 5.54 Å². The quantitative estimate of drug-likeness (QED) is 0.575. The molecule has 2 nitrogen and oxygen atoms in total. The van der Waals surface area contributed by atoms with Crippen molar-refractivity contribution in [1.82, 2.24) is 5.43 Å². The highest BCUT2D eigenvalue weighted by atomic mass is 15.3. The Morgan fingerprint density at radius 2 is 1.71 bits per heavy atom. The van der Waals surface area contributed by atoms with E-state index in [1.165, 1.54) is 5.56 Å². The zero-order chi connectivity index (χ0) is 10.6. The zero-order valence-corrected chi connectivity index (χ0v) is 9.33. The van der Waals surface area contributed by atoms with Gasteiger partial charge in [-0.25, -0.2) is 0 Å². The minimum Gasteiger partial charge on any atom is -0.300 e. The van der Waals surface area contributed by atoms with E-state index in [0.717, 1.165) is 5.71 Å². The maximum absolute atomic E-state index is 4.24. The van der Waals surface area contributed by atoms with Gasteiger partial charge in [0.25, 0.3) is 0 Å². The van der Waals surface area contributed by atoms with Gasteiger partial charge in [0.15, 0.2) is 0 Å². The highest BCUT2D eigenvalue weighted by Gasteiger charge is 2.18. The Labute approximate surface area is 86.0 Å². The maximum atomic E-state index is 4.24. The van der Waals surface area contributed by atoms with Crippen molar-refractivity contribution in [2.45, 2.75) is 33.2 Å². The van der Waals surface area contributed by atoms with E-state index in [2.05, 4.69) is 36.5 Å². The second-order valence-corrected chi connectivity index (χ2v) is 4.16. The van der Waals surface area contributed by atoms with E-state index < -0.39 is 0 Å². The second kappa shape index (κ2) is 4.27. The molecule has 0 aromatic heterocycles. The molecule has 0 aliphatic carbocycles. The van der Waals surface area contributed by atoms with Crippen molar-refractivity contribution in [3.63, 3.8) is 0 Å². The lowest BCUT2D eigenvalue weighted by Crippen LogP contribution is -2.32. The summed E-state index contributed by atoms with van der Waals surface area (Å²) in [5.41, 5.74) is 5.33. The summed E-state index contributed by atoms with van der Waals surface area (Å²) in [7, 11) is 0. The van der Waals surface area contributed by atoms with Gasteiger partial charge >= 0.3 is 0 Å². The van der Waals surface area contributed by atoms with Gasteiger partial charge in [0.2, 0.25) is 0 Å². The summed E-state index contributed by atoms with van der Waals surface area (Å²) >= 11 is 0. The first-order valence-electron chi connectivity index (χ1n) is 4.86. The second-order valence-electron chi connectivity index (χ2n) is 4.16. The summed E-state index contributed by atoms with van der Waals surface area (Å²) < 4.78 is 0. The fourth-order valence-electron chi connectivity index (χ4n) is 1.17. The van der Waals surface area contributed by atoms with Crippen molar-refractivity contribution in [2.24, 2.45) is 5.10 Å². The first-order valence-corrected chi connectivity index (χ1v) is 4.86. The van der Waals surface area contributed by atoms with Gasteiger partial charge < -0.3 is 5.43 Å². The summed E-state index contributed by atoms with van der Waals surface area (Å²) in [6, 6.07) is 10.3. The first-order chi connectivity index (χ1) is 6.52. The standard InChI is InChI=1S/C12H18N2/c1-10(2)13-14-12(3,4)11-8-6-5-7-9-11/h5-9,14H,1-4H3. The number of nitrogens with one attached hydrogen (secondary N) is 1. The fraction of sp³-hybridized carbons (Fsp3) is 0.417. The topological polar surface area (TPSA) is 24.4 Å². The molecular formula is C12H18N2. The van der Waals surface area contributed by atoms with E-state index >= 15 is 0 Å². The van der Waals surface area contributed by atoms with E-state index in [9.17, 15) is 0 Å². The van der Waals surface area contributed by atoms with Gasteiger partial charge in [-0.3, -0.25) is 0 Å². The normalized spacial score (nSPS) is 10.9. The van der Waals surface area contributed by atoms with Crippen LogP contribution in [0.4, 0.5) is 0 Å². The lowest BCUT2D eigenvalue weighted by atomic mass is 9.95. The van der Waals surface area contributed by atoms with E-state index in [0.29, 0.717) is 0 Å². The molecular weight excluding hydrogens is 172 g/mol. The lowest BCUT2D eigenvalue weighted by Gasteiger charge is -2.25. The Morgan fingerprint density at radius 1 is 1.14 bits per heavy atom. The summed E-state index contributed by atoms with van der Waals surface area (Å²) in [5.74, 6) is 0. The Bertz CT molecular complexity index is 308. The number of rotatable bonds is 3. The van der Waals surface area contributed by atoms with Crippen LogP contribution in [0.1, 0.15) is 33.3 Å². The largest absolute Gasteiger partial charge is 0.300 e. The van der Waals surface area contributed by atoms with Crippen LogP contribution < -0.4 is 5.43 Å². The van der Waals surface area contributed by atoms with E-state index in [1.54, 1.807) is 0 Å². The maximum Gasteiger partial charge on any atom is 0.0741 e. The van der Waals surface area contributed by atoms with Crippen molar-refractivity contribution >= 4 is 5.71 Å². The molecule has 0 amide bonds. The Morgan fingerprint density at radius 3 is 2.21 bits per heavy atom. The third-order valence-electron chi connectivity index (χ3n) is 2.05. The molecule has 1 N–H and O–H groups in total. The van der Waals surface area contributed by atoms with Crippen LogP contribution in [-0.4, -0.2) is 5.71 Å². The average Bonchev–Trinajstić information content (AvgIpc) is 2.16. The summed E-state index contributed by atoms with van der Waals surface area (Å²) in [6.45, 7) is 8.20. The molecule has 14 heavy (non-hydrogen) atoms. The molecule has 0 atom stereocenters. The molecule has 0 aliphatic heterocycles. The van der Waals surface area contributed by atoms with Crippen LogP contribution in [0.15, 0.2) is 35.4 Å². The molecule has 0 bridgehead atoms. The number of hydrazone groups is 1. The highest BCUT2D eigenvalue weighted by Crippen LogP contribution is 2.18.